The van der Waals surface area contributed by atoms with Gasteiger partial charge in [0.15, 0.2) is 0 Å². The van der Waals surface area contributed by atoms with E-state index in [9.17, 15) is 4.79 Å². The van der Waals surface area contributed by atoms with Crippen LogP contribution in [0.2, 0.25) is 10.0 Å². The molecule has 0 aliphatic carbocycles. The van der Waals surface area contributed by atoms with Crippen LogP contribution in [0.1, 0.15) is 20.8 Å². The highest BCUT2D eigenvalue weighted by Crippen LogP contribution is 2.35. The Balaban J connectivity index is 2.68. The van der Waals surface area contributed by atoms with Crippen molar-refractivity contribution in [2.75, 3.05) is 11.9 Å². The normalized spacial score (nSPS) is 11.4. The summed E-state index contributed by atoms with van der Waals surface area (Å²) in [5.41, 5.74) is 0.103. The zero-order chi connectivity index (χ0) is 13.9. The predicted octanol–water partition coefficient (Wildman–Crippen LogP) is 4.51. The number of anilines is 1. The Morgan fingerprint density at radius 3 is 2.50 bits per heavy atom. The van der Waals surface area contributed by atoms with Crippen LogP contribution in [0.15, 0.2) is 16.6 Å². The summed E-state index contributed by atoms with van der Waals surface area (Å²) in [5.74, 6) is -0.273. The van der Waals surface area contributed by atoms with Crippen LogP contribution >= 0.6 is 39.1 Å². The second-order valence-corrected chi connectivity index (χ2v) is 6.28. The molecule has 1 N–H and O–H groups in total. The molecule has 0 aromatic heterocycles. The molecule has 0 aliphatic heterocycles. The van der Waals surface area contributed by atoms with Crippen molar-refractivity contribution < 1.29 is 9.53 Å². The third kappa shape index (κ3) is 4.76. The van der Waals surface area contributed by atoms with Gasteiger partial charge in [-0.25, -0.2) is 0 Å². The van der Waals surface area contributed by atoms with Gasteiger partial charge in [-0.15, -0.1) is 0 Å². The number of amides is 1. The Morgan fingerprint density at radius 1 is 1.33 bits per heavy atom. The Hall–Kier alpha value is -0.290. The quantitative estimate of drug-likeness (QED) is 0.811. The minimum Gasteiger partial charge on any atom is -0.366 e. The van der Waals surface area contributed by atoms with Gasteiger partial charge in [0.1, 0.15) is 6.61 Å². The van der Waals surface area contributed by atoms with E-state index in [1.165, 1.54) is 0 Å². The van der Waals surface area contributed by atoms with Crippen molar-refractivity contribution in [3.05, 3.63) is 26.7 Å². The van der Waals surface area contributed by atoms with Crippen LogP contribution in [0.5, 0.6) is 0 Å². The lowest BCUT2D eigenvalue weighted by atomic mass is 10.2. The van der Waals surface area contributed by atoms with E-state index >= 15 is 0 Å². The molecule has 1 amide bonds. The maximum absolute atomic E-state index is 11.7. The van der Waals surface area contributed by atoms with E-state index < -0.39 is 0 Å². The maximum Gasteiger partial charge on any atom is 0.250 e. The minimum atomic E-state index is -0.363. The summed E-state index contributed by atoms with van der Waals surface area (Å²) < 4.78 is 6.04. The topological polar surface area (TPSA) is 38.3 Å². The van der Waals surface area contributed by atoms with Crippen LogP contribution in [0.25, 0.3) is 0 Å². The fourth-order valence-corrected chi connectivity index (χ4v) is 1.91. The van der Waals surface area contributed by atoms with Gasteiger partial charge in [-0.2, -0.15) is 0 Å². The van der Waals surface area contributed by atoms with Gasteiger partial charge < -0.3 is 10.1 Å². The van der Waals surface area contributed by atoms with E-state index in [1.807, 2.05) is 20.8 Å². The van der Waals surface area contributed by atoms with Crippen LogP contribution < -0.4 is 5.32 Å². The fraction of sp³-hybridized carbons (Fsp3) is 0.417. The summed E-state index contributed by atoms with van der Waals surface area (Å²) in [4.78, 5) is 11.7. The average Bonchev–Trinajstić information content (AvgIpc) is 2.26. The van der Waals surface area contributed by atoms with Crippen molar-refractivity contribution in [1.29, 1.82) is 0 Å². The highest BCUT2D eigenvalue weighted by atomic mass is 79.9. The second-order valence-electron chi connectivity index (χ2n) is 4.67. The number of carbonyl (C=O) groups is 1. The minimum absolute atomic E-state index is 0.0342. The fourth-order valence-electron chi connectivity index (χ4n) is 1.09. The first-order chi connectivity index (χ1) is 8.20. The molecule has 0 heterocycles. The monoisotopic (exact) mass is 353 g/mol. The summed E-state index contributed by atoms with van der Waals surface area (Å²) in [6, 6.07) is 3.39. The molecule has 0 fully saturated rings. The SMILES string of the molecule is CC(C)(C)OCC(=O)Nc1ccc(Br)c(Cl)c1Cl. The zero-order valence-corrected chi connectivity index (χ0v) is 13.4. The molecule has 0 bridgehead atoms. The van der Waals surface area contributed by atoms with Crippen molar-refractivity contribution in [3.63, 3.8) is 0 Å². The second kappa shape index (κ2) is 6.24. The van der Waals surface area contributed by atoms with Gasteiger partial charge in [0.05, 0.1) is 21.3 Å². The first-order valence-electron chi connectivity index (χ1n) is 5.28. The first-order valence-corrected chi connectivity index (χ1v) is 6.83. The molecule has 0 saturated heterocycles. The van der Waals surface area contributed by atoms with Crippen LogP contribution in [0.4, 0.5) is 5.69 Å². The van der Waals surface area contributed by atoms with E-state index in [0.717, 1.165) is 0 Å². The molecule has 6 heteroatoms. The van der Waals surface area contributed by atoms with Gasteiger partial charge >= 0.3 is 0 Å². The summed E-state index contributed by atoms with van der Waals surface area (Å²) in [7, 11) is 0. The van der Waals surface area contributed by atoms with Gasteiger partial charge in [0, 0.05) is 4.47 Å². The highest BCUT2D eigenvalue weighted by molar-refractivity contribution is 9.10. The van der Waals surface area contributed by atoms with E-state index in [-0.39, 0.29) is 18.1 Å². The number of nitrogens with one attached hydrogen (secondary N) is 1. The smallest absolute Gasteiger partial charge is 0.250 e. The van der Waals surface area contributed by atoms with Crippen LogP contribution in [-0.4, -0.2) is 18.1 Å². The number of rotatable bonds is 3. The van der Waals surface area contributed by atoms with Gasteiger partial charge in [-0.1, -0.05) is 23.2 Å². The van der Waals surface area contributed by atoms with Gasteiger partial charge in [0.2, 0.25) is 5.91 Å². The van der Waals surface area contributed by atoms with Crippen molar-refractivity contribution in [2.45, 2.75) is 26.4 Å². The average molecular weight is 355 g/mol. The molecule has 0 atom stereocenters. The lowest BCUT2D eigenvalue weighted by Crippen LogP contribution is -2.27. The van der Waals surface area contributed by atoms with E-state index in [2.05, 4.69) is 21.2 Å². The number of benzene rings is 1. The third-order valence-electron chi connectivity index (χ3n) is 1.95. The van der Waals surface area contributed by atoms with Crippen molar-refractivity contribution in [2.24, 2.45) is 0 Å². The Kier molecular flexibility index (Phi) is 5.46. The number of hydrogen-bond acceptors (Lipinski definition) is 2. The van der Waals surface area contributed by atoms with E-state index in [0.29, 0.717) is 20.2 Å². The van der Waals surface area contributed by atoms with Crippen LogP contribution in [0, 0.1) is 0 Å². The van der Waals surface area contributed by atoms with Gasteiger partial charge in [-0.05, 0) is 48.8 Å². The lowest BCUT2D eigenvalue weighted by Gasteiger charge is -2.19. The Labute approximate surface area is 125 Å². The zero-order valence-electron chi connectivity index (χ0n) is 10.3. The molecule has 0 unspecified atom stereocenters. The molecule has 0 aliphatic rings. The molecule has 18 heavy (non-hydrogen) atoms. The summed E-state index contributed by atoms with van der Waals surface area (Å²) >= 11 is 15.2. The van der Waals surface area contributed by atoms with E-state index in [4.69, 9.17) is 27.9 Å². The van der Waals surface area contributed by atoms with Crippen molar-refractivity contribution in [1.82, 2.24) is 0 Å². The molecule has 0 radical (unpaired) electrons. The number of hydrogen-bond donors (Lipinski definition) is 1. The van der Waals surface area contributed by atoms with Crippen molar-refractivity contribution >= 4 is 50.7 Å². The summed E-state index contributed by atoms with van der Waals surface area (Å²) in [6.45, 7) is 5.60. The molecule has 3 nitrogen and oxygen atoms in total. The maximum atomic E-state index is 11.7. The standard InChI is InChI=1S/C12H14BrCl2NO2/c1-12(2,3)18-6-9(17)16-8-5-4-7(13)10(14)11(8)15/h4-5H,6H2,1-3H3,(H,16,17). The molecule has 0 spiro atoms. The number of halogens is 3. The summed E-state index contributed by atoms with van der Waals surface area (Å²) in [6.07, 6.45) is 0. The molecular weight excluding hydrogens is 341 g/mol. The number of ether oxygens (including phenoxy) is 1. The Morgan fingerprint density at radius 2 is 1.94 bits per heavy atom. The molecule has 1 aromatic rings. The lowest BCUT2D eigenvalue weighted by molar-refractivity contribution is -0.125. The van der Waals surface area contributed by atoms with Gasteiger partial charge in [-0.3, -0.25) is 4.79 Å². The van der Waals surface area contributed by atoms with Crippen LogP contribution in [-0.2, 0) is 9.53 Å². The van der Waals surface area contributed by atoms with Gasteiger partial charge in [0.25, 0.3) is 0 Å². The molecule has 1 rings (SSSR count). The highest BCUT2D eigenvalue weighted by Gasteiger charge is 2.15. The van der Waals surface area contributed by atoms with Crippen LogP contribution in [0.3, 0.4) is 0 Å². The predicted molar refractivity (Wildman–Crippen MR) is 78.5 cm³/mol. The Bertz CT molecular complexity index is 458. The molecular formula is C12H14BrCl2NO2. The number of carbonyl (C=O) groups excluding carboxylic acids is 1. The summed E-state index contributed by atoms with van der Waals surface area (Å²) in [5, 5.41) is 3.32. The first kappa shape index (κ1) is 15.8. The largest absolute Gasteiger partial charge is 0.366 e. The van der Waals surface area contributed by atoms with Crippen molar-refractivity contribution in [3.8, 4) is 0 Å². The molecule has 0 saturated carbocycles. The molecule has 1 aromatic carbocycles. The third-order valence-corrected chi connectivity index (χ3v) is 3.72. The van der Waals surface area contributed by atoms with E-state index in [1.54, 1.807) is 12.1 Å². The molecule has 100 valence electrons.